The quantitative estimate of drug-likeness (QED) is 0.681. The van der Waals surface area contributed by atoms with E-state index in [9.17, 15) is 4.79 Å². The van der Waals surface area contributed by atoms with Gasteiger partial charge >= 0.3 is 0 Å². The molecule has 15 heavy (non-hydrogen) atoms. The second-order valence-electron chi connectivity index (χ2n) is 4.64. The topological polar surface area (TPSA) is 46.3 Å². The number of carbonyl (C=O) groups is 1. The van der Waals surface area contributed by atoms with Gasteiger partial charge in [0.1, 0.15) is 0 Å². The zero-order valence-corrected chi connectivity index (χ0v) is 9.57. The van der Waals surface area contributed by atoms with Crippen LogP contribution in [0.3, 0.4) is 0 Å². The molecule has 0 aromatic carbocycles. The van der Waals surface area contributed by atoms with Gasteiger partial charge < -0.3 is 10.6 Å². The van der Waals surface area contributed by atoms with E-state index in [4.69, 9.17) is 12.2 Å². The average molecular weight is 208 g/mol. The van der Waals surface area contributed by atoms with Gasteiger partial charge in [-0.2, -0.15) is 0 Å². The fourth-order valence-electron chi connectivity index (χ4n) is 1.45. The zero-order chi connectivity index (χ0) is 11.4. The number of rotatable bonds is 5. The maximum atomic E-state index is 11.9. The van der Waals surface area contributed by atoms with Gasteiger partial charge in [-0.1, -0.05) is 19.8 Å². The van der Waals surface area contributed by atoms with E-state index < -0.39 is 6.04 Å². The van der Waals surface area contributed by atoms with Gasteiger partial charge in [0.15, 0.2) is 0 Å². The minimum absolute atomic E-state index is 0.00477. The molecule has 0 bridgehead atoms. The number of amides is 1. The highest BCUT2D eigenvalue weighted by atomic mass is 16.2. The number of carbonyl (C=O) groups excluding carboxylic acids is 1. The molecule has 0 heterocycles. The third-order valence-corrected chi connectivity index (χ3v) is 2.77. The van der Waals surface area contributed by atoms with Crippen LogP contribution in [0.4, 0.5) is 0 Å². The molecule has 2 N–H and O–H groups in total. The number of terminal acetylenes is 1. The van der Waals surface area contributed by atoms with Gasteiger partial charge in [-0.3, -0.25) is 4.79 Å². The standard InChI is InChI=1S/C12H20N2O/c1-4-7-14(8-10-5-6-10)12(15)11(13)9(2)3/h1,9-11H,5-8,13H2,2-3H3/t11-/m1/s1. The molecule has 0 unspecified atom stereocenters. The molecule has 0 radical (unpaired) electrons. The molecule has 0 spiro atoms. The first kappa shape index (κ1) is 12.1. The lowest BCUT2D eigenvalue weighted by molar-refractivity contribution is -0.133. The molecule has 1 aliphatic rings. The Labute approximate surface area is 92.0 Å². The lowest BCUT2D eigenvalue weighted by Gasteiger charge is -2.25. The SMILES string of the molecule is C#CCN(CC1CC1)C(=O)[C@H](N)C(C)C. The van der Waals surface area contributed by atoms with Crippen LogP contribution < -0.4 is 5.73 Å². The highest BCUT2D eigenvalue weighted by Crippen LogP contribution is 2.29. The third-order valence-electron chi connectivity index (χ3n) is 2.77. The van der Waals surface area contributed by atoms with Crippen molar-refractivity contribution in [3.8, 4) is 12.3 Å². The third kappa shape index (κ3) is 3.56. The number of hydrogen-bond donors (Lipinski definition) is 1. The number of nitrogens with two attached hydrogens (primary N) is 1. The highest BCUT2D eigenvalue weighted by molar-refractivity contribution is 5.82. The van der Waals surface area contributed by atoms with Crippen LogP contribution in [0.25, 0.3) is 0 Å². The zero-order valence-electron chi connectivity index (χ0n) is 9.57. The fourth-order valence-corrected chi connectivity index (χ4v) is 1.45. The van der Waals surface area contributed by atoms with Gasteiger partial charge in [0.25, 0.3) is 0 Å². The molecule has 0 aliphatic heterocycles. The maximum absolute atomic E-state index is 11.9. The van der Waals surface area contributed by atoms with Crippen LogP contribution in [0, 0.1) is 24.2 Å². The van der Waals surface area contributed by atoms with E-state index in [0.29, 0.717) is 12.5 Å². The van der Waals surface area contributed by atoms with Crippen molar-refractivity contribution < 1.29 is 4.79 Å². The Morgan fingerprint density at radius 1 is 1.60 bits per heavy atom. The van der Waals surface area contributed by atoms with Gasteiger partial charge in [0, 0.05) is 6.54 Å². The van der Waals surface area contributed by atoms with Crippen molar-refractivity contribution in [3.63, 3.8) is 0 Å². The fraction of sp³-hybridized carbons (Fsp3) is 0.750. The summed E-state index contributed by atoms with van der Waals surface area (Å²) in [5.41, 5.74) is 5.83. The Morgan fingerprint density at radius 2 is 2.20 bits per heavy atom. The van der Waals surface area contributed by atoms with Crippen molar-refractivity contribution >= 4 is 5.91 Å². The van der Waals surface area contributed by atoms with Gasteiger partial charge in [-0.25, -0.2) is 0 Å². The van der Waals surface area contributed by atoms with E-state index in [1.807, 2.05) is 13.8 Å². The van der Waals surface area contributed by atoms with Crippen LogP contribution in [0.5, 0.6) is 0 Å². The molecule has 1 saturated carbocycles. The molecule has 3 heteroatoms. The Morgan fingerprint density at radius 3 is 2.60 bits per heavy atom. The van der Waals surface area contributed by atoms with E-state index in [0.717, 1.165) is 6.54 Å². The predicted octanol–water partition coefficient (Wildman–Crippen LogP) is 0.841. The molecule has 1 rings (SSSR count). The molecule has 1 aliphatic carbocycles. The molecular weight excluding hydrogens is 188 g/mol. The van der Waals surface area contributed by atoms with Gasteiger partial charge in [0.05, 0.1) is 12.6 Å². The molecule has 1 fully saturated rings. The average Bonchev–Trinajstić information content (AvgIpc) is 2.98. The van der Waals surface area contributed by atoms with Crippen molar-refractivity contribution in [2.45, 2.75) is 32.7 Å². The maximum Gasteiger partial charge on any atom is 0.240 e. The highest BCUT2D eigenvalue weighted by Gasteiger charge is 2.29. The normalized spacial score (nSPS) is 17.3. The van der Waals surface area contributed by atoms with E-state index in [1.165, 1.54) is 12.8 Å². The molecular formula is C12H20N2O. The van der Waals surface area contributed by atoms with Crippen molar-refractivity contribution in [2.75, 3.05) is 13.1 Å². The second-order valence-corrected chi connectivity index (χ2v) is 4.64. The van der Waals surface area contributed by atoms with Crippen LogP contribution >= 0.6 is 0 Å². The molecule has 1 amide bonds. The lowest BCUT2D eigenvalue weighted by Crippen LogP contribution is -2.47. The largest absolute Gasteiger partial charge is 0.330 e. The Kier molecular flexibility index (Phi) is 4.16. The van der Waals surface area contributed by atoms with Gasteiger partial charge in [-0.15, -0.1) is 6.42 Å². The summed E-state index contributed by atoms with van der Waals surface area (Å²) in [5.74, 6) is 3.34. The summed E-state index contributed by atoms with van der Waals surface area (Å²) in [5, 5.41) is 0. The summed E-state index contributed by atoms with van der Waals surface area (Å²) in [6.45, 7) is 5.07. The van der Waals surface area contributed by atoms with Crippen molar-refractivity contribution in [3.05, 3.63) is 0 Å². The van der Waals surface area contributed by atoms with Crippen LogP contribution in [-0.2, 0) is 4.79 Å². The summed E-state index contributed by atoms with van der Waals surface area (Å²) in [4.78, 5) is 13.7. The van der Waals surface area contributed by atoms with Crippen molar-refractivity contribution in [1.82, 2.24) is 4.90 Å². The van der Waals surface area contributed by atoms with Crippen LogP contribution in [0.1, 0.15) is 26.7 Å². The van der Waals surface area contributed by atoms with E-state index in [1.54, 1.807) is 4.90 Å². The molecule has 0 aromatic rings. The van der Waals surface area contributed by atoms with Gasteiger partial charge in [0.2, 0.25) is 5.91 Å². The van der Waals surface area contributed by atoms with Gasteiger partial charge in [-0.05, 0) is 24.7 Å². The van der Waals surface area contributed by atoms with Crippen LogP contribution in [-0.4, -0.2) is 29.9 Å². The van der Waals surface area contributed by atoms with Crippen LogP contribution in [0.2, 0.25) is 0 Å². The van der Waals surface area contributed by atoms with Crippen LogP contribution in [0.15, 0.2) is 0 Å². The smallest absolute Gasteiger partial charge is 0.240 e. The molecule has 3 nitrogen and oxygen atoms in total. The Balaban J connectivity index is 2.53. The first-order chi connectivity index (χ1) is 7.06. The monoisotopic (exact) mass is 208 g/mol. The van der Waals surface area contributed by atoms with Crippen molar-refractivity contribution in [2.24, 2.45) is 17.6 Å². The predicted molar refractivity (Wildman–Crippen MR) is 61.0 cm³/mol. The summed E-state index contributed by atoms with van der Waals surface area (Å²) in [7, 11) is 0. The Hall–Kier alpha value is -1.01. The van der Waals surface area contributed by atoms with E-state index >= 15 is 0 Å². The molecule has 84 valence electrons. The number of hydrogen-bond acceptors (Lipinski definition) is 2. The second kappa shape index (κ2) is 5.18. The Bertz CT molecular complexity index is 263. The summed E-state index contributed by atoms with van der Waals surface area (Å²) in [6.07, 6.45) is 7.68. The number of nitrogens with zero attached hydrogens (tertiary/aromatic N) is 1. The first-order valence-corrected chi connectivity index (χ1v) is 5.54. The van der Waals surface area contributed by atoms with E-state index in [2.05, 4.69) is 5.92 Å². The van der Waals surface area contributed by atoms with E-state index in [-0.39, 0.29) is 11.8 Å². The minimum Gasteiger partial charge on any atom is -0.330 e. The first-order valence-electron chi connectivity index (χ1n) is 5.54. The van der Waals surface area contributed by atoms with Crippen molar-refractivity contribution in [1.29, 1.82) is 0 Å². The molecule has 1 atom stereocenters. The summed E-state index contributed by atoms with van der Waals surface area (Å²) in [6, 6.07) is -0.419. The minimum atomic E-state index is -0.419. The molecule has 0 saturated heterocycles. The summed E-state index contributed by atoms with van der Waals surface area (Å²) >= 11 is 0. The summed E-state index contributed by atoms with van der Waals surface area (Å²) < 4.78 is 0. The molecule has 0 aromatic heterocycles. The lowest BCUT2D eigenvalue weighted by atomic mass is 10.0.